The highest BCUT2D eigenvalue weighted by molar-refractivity contribution is 6.07. The number of benzene rings is 1. The average molecular weight is 263 g/mol. The van der Waals surface area contributed by atoms with Gasteiger partial charge in [-0.25, -0.2) is 4.98 Å². The zero-order valence-electron chi connectivity index (χ0n) is 10.3. The van der Waals surface area contributed by atoms with Gasteiger partial charge in [0.2, 0.25) is 0 Å². The van der Waals surface area contributed by atoms with Crippen molar-refractivity contribution in [2.45, 2.75) is 0 Å². The van der Waals surface area contributed by atoms with Crippen molar-refractivity contribution < 1.29 is 4.79 Å². The molecule has 0 fully saturated rings. The summed E-state index contributed by atoms with van der Waals surface area (Å²) < 4.78 is 0. The van der Waals surface area contributed by atoms with Crippen LogP contribution in [0.5, 0.6) is 0 Å². The van der Waals surface area contributed by atoms with Crippen molar-refractivity contribution in [3.05, 3.63) is 53.2 Å². The fourth-order valence-corrected chi connectivity index (χ4v) is 1.62. The minimum atomic E-state index is -0.427. The third-order valence-electron chi connectivity index (χ3n) is 2.60. The van der Waals surface area contributed by atoms with Gasteiger partial charge in [-0.2, -0.15) is 10.5 Å². The molecule has 96 valence electrons. The third-order valence-corrected chi connectivity index (χ3v) is 2.60. The number of nitriles is 2. The maximum atomic E-state index is 12.0. The Labute approximate surface area is 115 Å². The lowest BCUT2D eigenvalue weighted by atomic mass is 10.1. The van der Waals surface area contributed by atoms with E-state index in [0.717, 1.165) is 0 Å². The number of aromatic nitrogens is 1. The molecule has 6 heteroatoms. The maximum absolute atomic E-state index is 12.0. The smallest absolute Gasteiger partial charge is 0.259 e. The van der Waals surface area contributed by atoms with Crippen LogP contribution in [0.1, 0.15) is 21.5 Å². The second-order valence-electron chi connectivity index (χ2n) is 3.87. The first-order valence-corrected chi connectivity index (χ1v) is 5.62. The Balaban J connectivity index is 2.28. The van der Waals surface area contributed by atoms with Gasteiger partial charge >= 0.3 is 0 Å². The molecule has 1 heterocycles. The Morgan fingerprint density at radius 3 is 2.60 bits per heavy atom. The summed E-state index contributed by atoms with van der Waals surface area (Å²) >= 11 is 0. The molecule has 0 aliphatic carbocycles. The molecule has 0 atom stereocenters. The number of hydrogen-bond donors (Lipinski definition) is 2. The summed E-state index contributed by atoms with van der Waals surface area (Å²) in [6.07, 6.45) is 1.49. The first kappa shape index (κ1) is 13.1. The summed E-state index contributed by atoms with van der Waals surface area (Å²) in [6.45, 7) is 0. The fourth-order valence-electron chi connectivity index (χ4n) is 1.62. The number of carbonyl (C=O) groups is 1. The molecule has 0 radical (unpaired) electrons. The highest BCUT2D eigenvalue weighted by atomic mass is 16.1. The molecule has 0 aliphatic rings. The number of nitrogens with two attached hydrogens (primary N) is 1. The summed E-state index contributed by atoms with van der Waals surface area (Å²) in [4.78, 5) is 15.8. The topological polar surface area (TPSA) is 116 Å². The zero-order valence-corrected chi connectivity index (χ0v) is 10.3. The van der Waals surface area contributed by atoms with Crippen LogP contribution in [-0.4, -0.2) is 10.9 Å². The van der Waals surface area contributed by atoms with Gasteiger partial charge in [0.25, 0.3) is 5.91 Å². The Morgan fingerprint density at radius 1 is 1.20 bits per heavy atom. The van der Waals surface area contributed by atoms with E-state index in [4.69, 9.17) is 16.3 Å². The molecule has 0 bridgehead atoms. The summed E-state index contributed by atoms with van der Waals surface area (Å²) in [6, 6.07) is 11.4. The van der Waals surface area contributed by atoms with Crippen LogP contribution in [0.15, 0.2) is 36.5 Å². The molecule has 20 heavy (non-hydrogen) atoms. The van der Waals surface area contributed by atoms with E-state index in [2.05, 4.69) is 10.3 Å². The monoisotopic (exact) mass is 263 g/mol. The molecule has 0 aliphatic heterocycles. The van der Waals surface area contributed by atoms with Gasteiger partial charge in [-0.1, -0.05) is 0 Å². The number of pyridine rings is 1. The minimum absolute atomic E-state index is 0.124. The maximum Gasteiger partial charge on any atom is 0.259 e. The molecular formula is C14H9N5O. The van der Waals surface area contributed by atoms with Gasteiger partial charge in [0.15, 0.2) is 0 Å². The first-order chi connectivity index (χ1) is 9.65. The number of carbonyl (C=O) groups excluding carboxylic acids is 1. The van der Waals surface area contributed by atoms with Crippen LogP contribution in [-0.2, 0) is 0 Å². The second kappa shape index (κ2) is 5.51. The van der Waals surface area contributed by atoms with Gasteiger partial charge in [0.05, 0.1) is 16.7 Å². The first-order valence-electron chi connectivity index (χ1n) is 5.62. The Hall–Kier alpha value is -3.38. The van der Waals surface area contributed by atoms with Gasteiger partial charge in [-0.05, 0) is 30.3 Å². The van der Waals surface area contributed by atoms with E-state index < -0.39 is 5.91 Å². The largest absolute Gasteiger partial charge is 0.383 e. The Morgan fingerprint density at radius 2 is 1.95 bits per heavy atom. The number of nitrogens with one attached hydrogen (secondary N) is 1. The molecule has 1 aromatic heterocycles. The van der Waals surface area contributed by atoms with E-state index in [1.807, 2.05) is 12.1 Å². The molecule has 3 N–H and O–H groups in total. The number of nitrogens with zero attached hydrogens (tertiary/aromatic N) is 3. The number of hydrogen-bond acceptors (Lipinski definition) is 5. The fraction of sp³-hybridized carbons (Fsp3) is 0. The highest BCUT2D eigenvalue weighted by Crippen LogP contribution is 2.16. The Kier molecular flexibility index (Phi) is 3.60. The van der Waals surface area contributed by atoms with Crippen LogP contribution >= 0.6 is 0 Å². The summed E-state index contributed by atoms with van der Waals surface area (Å²) in [7, 11) is 0. The standard InChI is InChI=1S/C14H9N5O/c15-7-9-3-4-11(6-10(9)8-16)19-14(20)12-2-1-5-18-13(12)17/h1-6H,(H2,17,18)(H,19,20). The van der Waals surface area contributed by atoms with Gasteiger partial charge < -0.3 is 11.1 Å². The molecule has 0 spiro atoms. The predicted molar refractivity (Wildman–Crippen MR) is 72.5 cm³/mol. The third kappa shape index (κ3) is 2.55. The van der Waals surface area contributed by atoms with Crippen molar-refractivity contribution in [2.24, 2.45) is 0 Å². The van der Waals surface area contributed by atoms with E-state index >= 15 is 0 Å². The van der Waals surface area contributed by atoms with Gasteiger partial charge in [-0.15, -0.1) is 0 Å². The van der Waals surface area contributed by atoms with Gasteiger partial charge in [-0.3, -0.25) is 4.79 Å². The lowest BCUT2D eigenvalue weighted by molar-refractivity contribution is 0.102. The summed E-state index contributed by atoms with van der Waals surface area (Å²) in [5, 5.41) is 20.4. The molecule has 0 saturated heterocycles. The van der Waals surface area contributed by atoms with Crippen molar-refractivity contribution in [2.75, 3.05) is 11.1 Å². The Bertz CT molecular complexity index is 755. The molecule has 2 rings (SSSR count). The van der Waals surface area contributed by atoms with Crippen LogP contribution in [0.25, 0.3) is 0 Å². The van der Waals surface area contributed by atoms with E-state index in [9.17, 15) is 4.79 Å². The SMILES string of the molecule is N#Cc1ccc(NC(=O)c2cccnc2N)cc1C#N. The van der Waals surface area contributed by atoms with E-state index in [-0.39, 0.29) is 22.5 Å². The van der Waals surface area contributed by atoms with E-state index in [1.165, 1.54) is 18.3 Å². The van der Waals surface area contributed by atoms with E-state index in [0.29, 0.717) is 5.69 Å². The van der Waals surface area contributed by atoms with Crippen molar-refractivity contribution in [1.29, 1.82) is 10.5 Å². The van der Waals surface area contributed by atoms with Crippen LogP contribution in [0.4, 0.5) is 11.5 Å². The molecule has 1 aromatic carbocycles. The summed E-state index contributed by atoms with van der Waals surface area (Å²) in [5.74, 6) is -0.302. The molecule has 0 unspecified atom stereocenters. The molecule has 2 aromatic rings. The summed E-state index contributed by atoms with van der Waals surface area (Å²) in [5.41, 5.74) is 6.72. The van der Waals surface area contributed by atoms with Crippen LogP contribution in [0, 0.1) is 22.7 Å². The van der Waals surface area contributed by atoms with E-state index in [1.54, 1.807) is 18.2 Å². The van der Waals surface area contributed by atoms with Crippen LogP contribution in [0.3, 0.4) is 0 Å². The zero-order chi connectivity index (χ0) is 14.5. The van der Waals surface area contributed by atoms with Crippen molar-refractivity contribution in [3.8, 4) is 12.1 Å². The normalized spacial score (nSPS) is 9.30. The molecule has 1 amide bonds. The number of anilines is 2. The van der Waals surface area contributed by atoms with Crippen molar-refractivity contribution in [3.63, 3.8) is 0 Å². The highest BCUT2D eigenvalue weighted by Gasteiger charge is 2.11. The van der Waals surface area contributed by atoms with Crippen molar-refractivity contribution >= 4 is 17.4 Å². The lowest BCUT2D eigenvalue weighted by Crippen LogP contribution is -2.14. The minimum Gasteiger partial charge on any atom is -0.383 e. The lowest BCUT2D eigenvalue weighted by Gasteiger charge is -2.07. The van der Waals surface area contributed by atoms with Gasteiger partial charge in [0.1, 0.15) is 18.0 Å². The molecular weight excluding hydrogens is 254 g/mol. The van der Waals surface area contributed by atoms with Crippen LogP contribution < -0.4 is 11.1 Å². The quantitative estimate of drug-likeness (QED) is 0.854. The van der Waals surface area contributed by atoms with Crippen LogP contribution in [0.2, 0.25) is 0 Å². The average Bonchev–Trinajstić information content (AvgIpc) is 2.47. The number of nitrogen functional groups attached to an aromatic ring is 1. The number of rotatable bonds is 2. The number of amides is 1. The van der Waals surface area contributed by atoms with Gasteiger partial charge in [0, 0.05) is 11.9 Å². The molecule has 6 nitrogen and oxygen atoms in total. The van der Waals surface area contributed by atoms with Crippen molar-refractivity contribution in [1.82, 2.24) is 4.98 Å². The predicted octanol–water partition coefficient (Wildman–Crippen LogP) is 1.66. The second-order valence-corrected chi connectivity index (χ2v) is 3.87. The molecule has 0 saturated carbocycles.